The minimum absolute atomic E-state index is 0.0384. The molecule has 0 unspecified atom stereocenters. The van der Waals surface area contributed by atoms with Crippen molar-refractivity contribution >= 4 is 16.9 Å². The third-order valence-electron chi connectivity index (χ3n) is 2.75. The van der Waals surface area contributed by atoms with Gasteiger partial charge in [0.2, 0.25) is 5.76 Å². The summed E-state index contributed by atoms with van der Waals surface area (Å²) in [5.41, 5.74) is 1.61. The third-order valence-corrected chi connectivity index (χ3v) is 2.75. The van der Waals surface area contributed by atoms with Crippen molar-refractivity contribution in [2.75, 3.05) is 0 Å². The van der Waals surface area contributed by atoms with Crippen molar-refractivity contribution in [3.63, 3.8) is 0 Å². The summed E-state index contributed by atoms with van der Waals surface area (Å²) in [5, 5.41) is 9.64. The van der Waals surface area contributed by atoms with Gasteiger partial charge in [0, 0.05) is 10.9 Å². The van der Waals surface area contributed by atoms with Gasteiger partial charge in [0.05, 0.1) is 0 Å². The number of hydrogen-bond donors (Lipinski definition) is 1. The molecule has 0 saturated carbocycles. The highest BCUT2D eigenvalue weighted by molar-refractivity contribution is 5.96. The van der Waals surface area contributed by atoms with Crippen LogP contribution in [0.1, 0.15) is 41.4 Å². The summed E-state index contributed by atoms with van der Waals surface area (Å²) in [4.78, 5) is 11.1. The average molecular weight is 236 g/mol. The molecule has 3 nitrogen and oxygen atoms in total. The average Bonchev–Trinajstić information content (AvgIpc) is 2.56. The van der Waals surface area contributed by atoms with Crippen LogP contribution in [0, 0.1) is 12.7 Å². The zero-order valence-electron chi connectivity index (χ0n) is 9.87. The van der Waals surface area contributed by atoms with Crippen molar-refractivity contribution in [1.29, 1.82) is 0 Å². The minimum atomic E-state index is -1.12. The Hall–Kier alpha value is -1.84. The first-order chi connectivity index (χ1) is 7.91. The third kappa shape index (κ3) is 1.79. The molecule has 1 aromatic carbocycles. The molecule has 0 atom stereocenters. The zero-order valence-corrected chi connectivity index (χ0v) is 9.87. The lowest BCUT2D eigenvalue weighted by atomic mass is 9.98. The minimum Gasteiger partial charge on any atom is -0.475 e. The number of benzene rings is 1. The van der Waals surface area contributed by atoms with E-state index in [1.807, 2.05) is 13.8 Å². The van der Waals surface area contributed by atoms with E-state index in [2.05, 4.69) is 0 Å². The van der Waals surface area contributed by atoms with Gasteiger partial charge >= 0.3 is 5.97 Å². The highest BCUT2D eigenvalue weighted by Gasteiger charge is 2.23. The van der Waals surface area contributed by atoms with Crippen LogP contribution in [0.5, 0.6) is 0 Å². The Bertz CT molecular complexity index is 596. The largest absolute Gasteiger partial charge is 0.475 e. The quantitative estimate of drug-likeness (QED) is 0.864. The first-order valence-corrected chi connectivity index (χ1v) is 5.37. The molecule has 2 aromatic rings. The van der Waals surface area contributed by atoms with Gasteiger partial charge in [0.1, 0.15) is 11.4 Å². The van der Waals surface area contributed by atoms with E-state index in [1.54, 1.807) is 6.92 Å². The maximum atomic E-state index is 13.4. The van der Waals surface area contributed by atoms with Crippen LogP contribution in [0.4, 0.5) is 4.39 Å². The predicted molar refractivity (Wildman–Crippen MR) is 62.0 cm³/mol. The van der Waals surface area contributed by atoms with Crippen LogP contribution in [-0.4, -0.2) is 11.1 Å². The first-order valence-electron chi connectivity index (χ1n) is 5.37. The predicted octanol–water partition coefficient (Wildman–Crippen LogP) is 3.70. The standard InChI is InChI=1S/C13H13FO3/c1-6(2)10-9-5-8(14)4-7(3)11(9)17-12(10)13(15)16/h4-6H,1-3H3,(H,15,16). The molecular formula is C13H13FO3. The smallest absolute Gasteiger partial charge is 0.372 e. The molecule has 0 spiro atoms. The van der Waals surface area contributed by atoms with E-state index >= 15 is 0 Å². The lowest BCUT2D eigenvalue weighted by molar-refractivity contribution is 0.0662. The molecule has 0 radical (unpaired) electrons. The molecular weight excluding hydrogens is 223 g/mol. The molecule has 0 amide bonds. The number of hydrogen-bond acceptors (Lipinski definition) is 2. The van der Waals surface area contributed by atoms with E-state index < -0.39 is 5.97 Å². The molecule has 90 valence electrons. The van der Waals surface area contributed by atoms with Gasteiger partial charge in [0.25, 0.3) is 0 Å². The van der Waals surface area contributed by atoms with Crippen LogP contribution in [-0.2, 0) is 0 Å². The normalized spacial score (nSPS) is 11.4. The van der Waals surface area contributed by atoms with Crippen molar-refractivity contribution in [3.05, 3.63) is 34.8 Å². The maximum absolute atomic E-state index is 13.4. The van der Waals surface area contributed by atoms with Gasteiger partial charge in [0.15, 0.2) is 0 Å². The molecule has 0 fully saturated rings. The number of rotatable bonds is 2. The lowest BCUT2D eigenvalue weighted by Crippen LogP contribution is -2.00. The second-order valence-electron chi connectivity index (χ2n) is 4.40. The SMILES string of the molecule is Cc1cc(F)cc2c(C(C)C)c(C(=O)O)oc12. The molecule has 2 rings (SSSR count). The summed E-state index contributed by atoms with van der Waals surface area (Å²) >= 11 is 0. The Morgan fingerprint density at radius 1 is 1.41 bits per heavy atom. The fourth-order valence-electron chi connectivity index (χ4n) is 2.08. The molecule has 4 heteroatoms. The summed E-state index contributed by atoms with van der Waals surface area (Å²) in [6.07, 6.45) is 0. The molecule has 0 aliphatic heterocycles. The summed E-state index contributed by atoms with van der Waals surface area (Å²) in [5.74, 6) is -1.63. The Balaban J connectivity index is 2.90. The molecule has 1 N–H and O–H groups in total. The van der Waals surface area contributed by atoms with E-state index in [4.69, 9.17) is 9.52 Å². The lowest BCUT2D eigenvalue weighted by Gasteiger charge is -2.03. The molecule has 1 heterocycles. The monoisotopic (exact) mass is 236 g/mol. The van der Waals surface area contributed by atoms with E-state index in [9.17, 15) is 9.18 Å². The van der Waals surface area contributed by atoms with E-state index in [1.165, 1.54) is 12.1 Å². The van der Waals surface area contributed by atoms with Crippen LogP contribution in [0.2, 0.25) is 0 Å². The Morgan fingerprint density at radius 2 is 2.06 bits per heavy atom. The highest BCUT2D eigenvalue weighted by Crippen LogP contribution is 2.34. The van der Waals surface area contributed by atoms with E-state index in [0.717, 1.165) is 0 Å². The van der Waals surface area contributed by atoms with Gasteiger partial charge in [-0.1, -0.05) is 13.8 Å². The van der Waals surface area contributed by atoms with Crippen molar-refractivity contribution in [3.8, 4) is 0 Å². The molecule has 0 bridgehead atoms. The molecule has 0 aliphatic rings. The Kier molecular flexibility index (Phi) is 2.65. The maximum Gasteiger partial charge on any atom is 0.372 e. The van der Waals surface area contributed by atoms with Gasteiger partial charge in [-0.15, -0.1) is 0 Å². The van der Waals surface area contributed by atoms with Crippen LogP contribution < -0.4 is 0 Å². The second-order valence-corrected chi connectivity index (χ2v) is 4.40. The van der Waals surface area contributed by atoms with E-state index in [0.29, 0.717) is 22.1 Å². The van der Waals surface area contributed by atoms with Gasteiger partial charge in [-0.2, -0.15) is 0 Å². The molecule has 17 heavy (non-hydrogen) atoms. The molecule has 1 aromatic heterocycles. The summed E-state index contributed by atoms with van der Waals surface area (Å²) in [7, 11) is 0. The first kappa shape index (κ1) is 11.6. The molecule has 0 aliphatic carbocycles. The topological polar surface area (TPSA) is 50.4 Å². The summed E-state index contributed by atoms with van der Waals surface area (Å²) in [6.45, 7) is 5.42. The number of carboxylic acids is 1. The van der Waals surface area contributed by atoms with Gasteiger partial charge in [-0.25, -0.2) is 9.18 Å². The van der Waals surface area contributed by atoms with Crippen LogP contribution in [0.25, 0.3) is 11.0 Å². The van der Waals surface area contributed by atoms with Crippen molar-refractivity contribution in [2.45, 2.75) is 26.7 Å². The second kappa shape index (κ2) is 3.87. The van der Waals surface area contributed by atoms with Crippen molar-refractivity contribution in [1.82, 2.24) is 0 Å². The summed E-state index contributed by atoms with van der Waals surface area (Å²) < 4.78 is 18.7. The number of carbonyl (C=O) groups is 1. The van der Waals surface area contributed by atoms with Crippen molar-refractivity contribution < 1.29 is 18.7 Å². The van der Waals surface area contributed by atoms with Crippen LogP contribution >= 0.6 is 0 Å². The number of carboxylic acid groups (broad SMARTS) is 1. The highest BCUT2D eigenvalue weighted by atomic mass is 19.1. The van der Waals surface area contributed by atoms with Gasteiger partial charge in [-0.3, -0.25) is 0 Å². The van der Waals surface area contributed by atoms with Crippen molar-refractivity contribution in [2.24, 2.45) is 0 Å². The number of aromatic carboxylic acids is 1. The zero-order chi connectivity index (χ0) is 12.7. The van der Waals surface area contributed by atoms with E-state index in [-0.39, 0.29) is 17.5 Å². The Morgan fingerprint density at radius 3 is 2.59 bits per heavy atom. The number of fused-ring (bicyclic) bond motifs is 1. The fraction of sp³-hybridized carbons (Fsp3) is 0.308. The Labute approximate surface area is 97.9 Å². The van der Waals surface area contributed by atoms with Crippen LogP contribution in [0.15, 0.2) is 16.5 Å². The molecule has 0 saturated heterocycles. The number of aryl methyl sites for hydroxylation is 1. The van der Waals surface area contributed by atoms with Crippen LogP contribution in [0.3, 0.4) is 0 Å². The van der Waals surface area contributed by atoms with Gasteiger partial charge in [-0.05, 0) is 30.5 Å². The number of halogens is 1. The number of furan rings is 1. The summed E-state index contributed by atoms with van der Waals surface area (Å²) in [6, 6.07) is 2.66. The fourth-order valence-corrected chi connectivity index (χ4v) is 2.08. The van der Waals surface area contributed by atoms with Gasteiger partial charge < -0.3 is 9.52 Å².